The fourth-order valence-corrected chi connectivity index (χ4v) is 7.94. The molecule has 4 aliphatic rings. The summed E-state index contributed by atoms with van der Waals surface area (Å²) in [6.45, 7) is 7.00. The van der Waals surface area contributed by atoms with Gasteiger partial charge in [-0.1, -0.05) is 26.7 Å². The fraction of sp³-hybridized carbons (Fsp3) is 0.760. The lowest BCUT2D eigenvalue weighted by atomic mass is 9.45. The Bertz CT molecular complexity index is 836. The molecule has 0 spiro atoms. The number of allylic oxidation sites excluding steroid dienone is 1. The standard InChI is InChI=1S/C25H36N2O/c1-16-18(15-26-27(16)4)13-17-14-22-20-9-8-19-7-5-6-11-24(19,2)21(20)10-12-25(22,3)23(17)28/h13,15,19-22H,5-12,14H2,1-4H3/b17-13+/t19-,20+,21-,22-,24+,25-/m1/s1. The zero-order valence-corrected chi connectivity index (χ0v) is 18.1. The summed E-state index contributed by atoms with van der Waals surface area (Å²) in [7, 11) is 1.98. The third-order valence-electron chi connectivity index (χ3n) is 9.83. The maximum absolute atomic E-state index is 13.5. The summed E-state index contributed by atoms with van der Waals surface area (Å²) in [5.41, 5.74) is 3.75. The van der Waals surface area contributed by atoms with Gasteiger partial charge in [0, 0.05) is 23.7 Å². The zero-order chi connectivity index (χ0) is 19.7. The van der Waals surface area contributed by atoms with Crippen LogP contribution in [0.5, 0.6) is 0 Å². The third kappa shape index (κ3) is 2.47. The monoisotopic (exact) mass is 380 g/mol. The predicted octanol–water partition coefficient (Wildman–Crippen LogP) is 5.72. The van der Waals surface area contributed by atoms with Crippen molar-refractivity contribution in [1.29, 1.82) is 0 Å². The van der Waals surface area contributed by atoms with Crippen LogP contribution in [-0.4, -0.2) is 15.6 Å². The van der Waals surface area contributed by atoms with E-state index >= 15 is 0 Å². The van der Waals surface area contributed by atoms with Crippen LogP contribution in [0.3, 0.4) is 0 Å². The number of hydrogen-bond acceptors (Lipinski definition) is 2. The molecule has 0 amide bonds. The number of ketones is 1. The maximum Gasteiger partial charge on any atom is 0.165 e. The molecule has 0 unspecified atom stereocenters. The van der Waals surface area contributed by atoms with Gasteiger partial charge in [0.2, 0.25) is 0 Å². The number of hydrogen-bond donors (Lipinski definition) is 0. The minimum absolute atomic E-state index is 0.124. The molecule has 1 aromatic rings. The number of carbonyl (C=O) groups is 1. The van der Waals surface area contributed by atoms with Crippen LogP contribution in [0, 0.1) is 41.4 Å². The molecule has 0 bridgehead atoms. The number of aromatic nitrogens is 2. The molecule has 6 atom stereocenters. The van der Waals surface area contributed by atoms with Crippen molar-refractivity contribution in [3.63, 3.8) is 0 Å². The summed E-state index contributed by atoms with van der Waals surface area (Å²) >= 11 is 0. The van der Waals surface area contributed by atoms with Crippen molar-refractivity contribution in [3.05, 3.63) is 23.0 Å². The Labute approximate surface area is 170 Å². The molecule has 0 aliphatic heterocycles. The van der Waals surface area contributed by atoms with E-state index in [1.54, 1.807) is 0 Å². The molecule has 0 saturated heterocycles. The fourth-order valence-electron chi connectivity index (χ4n) is 7.94. The summed E-state index contributed by atoms with van der Waals surface area (Å²) in [5, 5.41) is 4.37. The average molecular weight is 381 g/mol. The van der Waals surface area contributed by atoms with Gasteiger partial charge in [0.25, 0.3) is 0 Å². The molecule has 152 valence electrons. The van der Waals surface area contributed by atoms with Crippen molar-refractivity contribution in [2.45, 2.75) is 78.6 Å². The van der Waals surface area contributed by atoms with Crippen LogP contribution in [0.2, 0.25) is 0 Å². The highest BCUT2D eigenvalue weighted by Gasteiger charge is 2.60. The van der Waals surface area contributed by atoms with E-state index < -0.39 is 0 Å². The van der Waals surface area contributed by atoms with Gasteiger partial charge < -0.3 is 0 Å². The minimum Gasteiger partial charge on any atom is -0.294 e. The highest BCUT2D eigenvalue weighted by Crippen LogP contribution is 2.66. The number of fused-ring (bicyclic) bond motifs is 5. The van der Waals surface area contributed by atoms with Crippen molar-refractivity contribution in [2.75, 3.05) is 0 Å². The second-order valence-corrected chi connectivity index (χ2v) is 10.9. The van der Waals surface area contributed by atoms with Crippen molar-refractivity contribution in [1.82, 2.24) is 9.78 Å². The van der Waals surface area contributed by atoms with Gasteiger partial charge in [0.1, 0.15) is 0 Å². The molecule has 1 aromatic heterocycles. The molecule has 4 fully saturated rings. The largest absolute Gasteiger partial charge is 0.294 e. The van der Waals surface area contributed by atoms with Gasteiger partial charge in [-0.25, -0.2) is 0 Å². The summed E-state index contributed by atoms with van der Waals surface area (Å²) in [4.78, 5) is 13.5. The van der Waals surface area contributed by atoms with Gasteiger partial charge in [-0.3, -0.25) is 9.48 Å². The third-order valence-corrected chi connectivity index (χ3v) is 9.83. The molecule has 3 nitrogen and oxygen atoms in total. The number of rotatable bonds is 1. The average Bonchev–Trinajstić information content (AvgIpc) is 3.13. The van der Waals surface area contributed by atoms with Crippen LogP contribution in [-0.2, 0) is 11.8 Å². The molecule has 28 heavy (non-hydrogen) atoms. The van der Waals surface area contributed by atoms with E-state index in [1.807, 2.05) is 17.9 Å². The molecular weight excluding hydrogens is 344 g/mol. The molecule has 0 aromatic carbocycles. The number of nitrogens with zero attached hydrogens (tertiary/aromatic N) is 2. The van der Waals surface area contributed by atoms with Crippen molar-refractivity contribution in [2.24, 2.45) is 41.5 Å². The highest BCUT2D eigenvalue weighted by atomic mass is 16.1. The Morgan fingerprint density at radius 3 is 2.68 bits per heavy atom. The second kappa shape index (κ2) is 6.31. The van der Waals surface area contributed by atoms with Gasteiger partial charge in [0.15, 0.2) is 5.78 Å². The maximum atomic E-state index is 13.5. The van der Waals surface area contributed by atoms with Crippen LogP contribution >= 0.6 is 0 Å². The Kier molecular flexibility index (Phi) is 4.20. The second-order valence-electron chi connectivity index (χ2n) is 10.9. The highest BCUT2D eigenvalue weighted by molar-refractivity contribution is 6.06. The SMILES string of the molecule is Cc1c(/C=C2\C[C@@H]3[C@H]4CC[C@H]5CCCC[C@]5(C)[C@@H]4CC[C@@]3(C)C2=O)cnn1C. The molecule has 4 aliphatic carbocycles. The first-order chi connectivity index (χ1) is 13.3. The minimum atomic E-state index is -0.124. The Morgan fingerprint density at radius 2 is 1.93 bits per heavy atom. The van der Waals surface area contributed by atoms with Crippen molar-refractivity contribution in [3.8, 4) is 0 Å². The summed E-state index contributed by atoms with van der Waals surface area (Å²) in [6.07, 6.45) is 15.9. The van der Waals surface area contributed by atoms with Crippen LogP contribution in [0.4, 0.5) is 0 Å². The molecular formula is C25H36N2O. The topological polar surface area (TPSA) is 34.9 Å². The van der Waals surface area contributed by atoms with Crippen molar-refractivity contribution >= 4 is 11.9 Å². The summed E-state index contributed by atoms with van der Waals surface area (Å²) < 4.78 is 1.90. The van der Waals surface area contributed by atoms with E-state index in [0.717, 1.165) is 47.4 Å². The van der Waals surface area contributed by atoms with Crippen LogP contribution in [0.15, 0.2) is 11.8 Å². The normalized spacial score (nSPS) is 44.3. The lowest BCUT2D eigenvalue weighted by Gasteiger charge is -2.59. The lowest BCUT2D eigenvalue weighted by molar-refractivity contribution is -0.137. The van der Waals surface area contributed by atoms with Crippen molar-refractivity contribution < 1.29 is 4.79 Å². The number of carbonyl (C=O) groups excluding carboxylic acids is 1. The summed E-state index contributed by atoms with van der Waals surface area (Å²) in [6, 6.07) is 0. The van der Waals surface area contributed by atoms with Crippen LogP contribution in [0.25, 0.3) is 6.08 Å². The van der Waals surface area contributed by atoms with Gasteiger partial charge in [-0.15, -0.1) is 0 Å². The molecule has 1 heterocycles. The van der Waals surface area contributed by atoms with E-state index in [1.165, 1.54) is 44.9 Å². The first kappa shape index (κ1) is 18.6. The summed E-state index contributed by atoms with van der Waals surface area (Å²) in [5.74, 6) is 3.54. The molecule has 4 saturated carbocycles. The Hall–Kier alpha value is -1.38. The molecule has 3 heteroatoms. The zero-order valence-electron chi connectivity index (χ0n) is 18.1. The number of Topliss-reactive ketones (excluding diaryl/α,β-unsaturated/α-hetero) is 1. The van der Waals surface area contributed by atoms with E-state index in [0.29, 0.717) is 17.1 Å². The Morgan fingerprint density at radius 1 is 1.11 bits per heavy atom. The number of aryl methyl sites for hydroxylation is 1. The Balaban J connectivity index is 1.47. The van der Waals surface area contributed by atoms with Crippen LogP contribution in [0.1, 0.15) is 82.9 Å². The van der Waals surface area contributed by atoms with Gasteiger partial charge in [-0.05, 0) is 92.6 Å². The first-order valence-electron chi connectivity index (χ1n) is 11.6. The lowest BCUT2D eigenvalue weighted by Crippen LogP contribution is -2.52. The quantitative estimate of drug-likeness (QED) is 0.584. The van der Waals surface area contributed by atoms with E-state index in [2.05, 4.69) is 31.9 Å². The predicted molar refractivity (Wildman–Crippen MR) is 113 cm³/mol. The van der Waals surface area contributed by atoms with Gasteiger partial charge >= 0.3 is 0 Å². The van der Waals surface area contributed by atoms with E-state index in [4.69, 9.17) is 0 Å². The molecule has 0 radical (unpaired) electrons. The molecule has 0 N–H and O–H groups in total. The van der Waals surface area contributed by atoms with E-state index in [9.17, 15) is 4.79 Å². The molecule has 5 rings (SSSR count). The first-order valence-corrected chi connectivity index (χ1v) is 11.6. The smallest absolute Gasteiger partial charge is 0.165 e. The van der Waals surface area contributed by atoms with Crippen LogP contribution < -0.4 is 0 Å². The van der Waals surface area contributed by atoms with E-state index in [-0.39, 0.29) is 5.41 Å². The van der Waals surface area contributed by atoms with Gasteiger partial charge in [-0.2, -0.15) is 5.10 Å². The van der Waals surface area contributed by atoms with Gasteiger partial charge in [0.05, 0.1) is 6.20 Å².